The first-order valence-electron chi connectivity index (χ1n) is 4.35. The summed E-state index contributed by atoms with van der Waals surface area (Å²) in [4.78, 5) is 12.0. The Kier molecular flexibility index (Phi) is 2.63. The molecule has 7 heteroatoms. The van der Waals surface area contributed by atoms with Crippen molar-refractivity contribution >= 4 is 21.7 Å². The zero-order valence-electron chi connectivity index (χ0n) is 7.94. The van der Waals surface area contributed by atoms with E-state index in [0.717, 1.165) is 0 Å². The van der Waals surface area contributed by atoms with Crippen LogP contribution in [-0.4, -0.2) is 31.0 Å². The van der Waals surface area contributed by atoms with Gasteiger partial charge in [0.15, 0.2) is 5.69 Å². The van der Waals surface area contributed by atoms with Crippen LogP contribution in [0.25, 0.3) is 0 Å². The maximum Gasteiger partial charge on any atom is 0.234 e. The molecular weight excluding hydrogens is 262 g/mol. The minimum Gasteiger partial charge on any atom is -0.285 e. The predicted octanol–water partition coefficient (Wildman–Crippen LogP) is 1.01. The van der Waals surface area contributed by atoms with Gasteiger partial charge in [0.05, 0.1) is 16.9 Å². The number of ketones is 1. The van der Waals surface area contributed by atoms with Gasteiger partial charge >= 0.3 is 0 Å². The number of halogens is 1. The van der Waals surface area contributed by atoms with Gasteiger partial charge in [-0.3, -0.25) is 9.48 Å². The van der Waals surface area contributed by atoms with E-state index >= 15 is 0 Å². The number of carbonyl (C=O) groups is 1. The number of aromatic amines is 1. The van der Waals surface area contributed by atoms with E-state index in [-0.39, 0.29) is 11.5 Å². The fraction of sp³-hybridized carbons (Fsp3) is 0.250. The monoisotopic (exact) mass is 269 g/mol. The summed E-state index contributed by atoms with van der Waals surface area (Å²) < 4.78 is 2.28. The highest BCUT2D eigenvalue weighted by Crippen LogP contribution is 2.18. The van der Waals surface area contributed by atoms with Crippen molar-refractivity contribution in [1.29, 1.82) is 0 Å². The second-order valence-corrected chi connectivity index (χ2v) is 3.70. The molecule has 1 N–H and O–H groups in total. The SMILES string of the molecule is CCn1ncc(Br)c1C(=O)c1cn[nH]n1. The normalized spacial score (nSPS) is 10.5. The topological polar surface area (TPSA) is 76.5 Å². The van der Waals surface area contributed by atoms with Crippen LogP contribution < -0.4 is 0 Å². The van der Waals surface area contributed by atoms with Gasteiger partial charge in [-0.2, -0.15) is 20.5 Å². The molecule has 0 unspecified atom stereocenters. The molecule has 0 bridgehead atoms. The van der Waals surface area contributed by atoms with Crippen LogP contribution in [0.5, 0.6) is 0 Å². The standard InChI is InChI=1S/C8H8BrN5O/c1-2-14-7(5(9)3-11-14)8(15)6-4-10-13-12-6/h3-4H,2H2,1H3,(H,10,12,13). The van der Waals surface area contributed by atoms with Gasteiger partial charge in [-0.05, 0) is 22.9 Å². The minimum absolute atomic E-state index is 0.199. The molecule has 0 fully saturated rings. The molecule has 0 saturated carbocycles. The molecule has 0 saturated heterocycles. The Labute approximate surface area is 93.8 Å². The number of aryl methyl sites for hydroxylation is 1. The van der Waals surface area contributed by atoms with Crippen LogP contribution in [0.4, 0.5) is 0 Å². The second-order valence-electron chi connectivity index (χ2n) is 2.84. The van der Waals surface area contributed by atoms with Crippen molar-refractivity contribution in [2.75, 3.05) is 0 Å². The molecule has 78 valence electrons. The number of nitrogens with one attached hydrogen (secondary N) is 1. The molecular formula is C8H8BrN5O. The third-order valence-electron chi connectivity index (χ3n) is 1.96. The van der Waals surface area contributed by atoms with E-state index in [0.29, 0.717) is 16.7 Å². The van der Waals surface area contributed by atoms with E-state index in [1.54, 1.807) is 10.9 Å². The van der Waals surface area contributed by atoms with Crippen molar-refractivity contribution in [1.82, 2.24) is 25.2 Å². The van der Waals surface area contributed by atoms with Crippen LogP contribution in [0, 0.1) is 0 Å². The number of carbonyl (C=O) groups excluding carboxylic acids is 1. The van der Waals surface area contributed by atoms with Crippen LogP contribution >= 0.6 is 15.9 Å². The molecule has 6 nitrogen and oxygen atoms in total. The average Bonchev–Trinajstić information content (AvgIpc) is 2.85. The van der Waals surface area contributed by atoms with Gasteiger partial charge < -0.3 is 0 Å². The molecule has 2 aromatic heterocycles. The Hall–Kier alpha value is -1.50. The molecule has 0 radical (unpaired) electrons. The molecule has 15 heavy (non-hydrogen) atoms. The summed E-state index contributed by atoms with van der Waals surface area (Å²) in [5.74, 6) is -0.199. The third-order valence-corrected chi connectivity index (χ3v) is 2.54. The maximum atomic E-state index is 12.0. The number of rotatable bonds is 3. The molecule has 0 aliphatic carbocycles. The molecule has 0 aromatic carbocycles. The van der Waals surface area contributed by atoms with E-state index in [2.05, 4.69) is 36.4 Å². The Bertz CT molecular complexity index is 475. The summed E-state index contributed by atoms with van der Waals surface area (Å²) in [5.41, 5.74) is 0.775. The lowest BCUT2D eigenvalue weighted by atomic mass is 10.2. The lowest BCUT2D eigenvalue weighted by molar-refractivity contribution is 0.102. The summed E-state index contributed by atoms with van der Waals surface area (Å²) in [7, 11) is 0. The van der Waals surface area contributed by atoms with Crippen LogP contribution in [0.3, 0.4) is 0 Å². The van der Waals surface area contributed by atoms with Crippen molar-refractivity contribution < 1.29 is 4.79 Å². The highest BCUT2D eigenvalue weighted by atomic mass is 79.9. The van der Waals surface area contributed by atoms with E-state index < -0.39 is 0 Å². The number of aromatic nitrogens is 5. The van der Waals surface area contributed by atoms with Crippen molar-refractivity contribution in [3.05, 3.63) is 28.3 Å². The summed E-state index contributed by atoms with van der Waals surface area (Å²) in [6.45, 7) is 2.55. The average molecular weight is 270 g/mol. The van der Waals surface area contributed by atoms with Crippen molar-refractivity contribution in [2.45, 2.75) is 13.5 Å². The molecule has 0 spiro atoms. The highest BCUT2D eigenvalue weighted by Gasteiger charge is 2.19. The van der Waals surface area contributed by atoms with Gasteiger partial charge in [0.2, 0.25) is 5.78 Å². The Balaban J connectivity index is 2.45. The lowest BCUT2D eigenvalue weighted by Crippen LogP contribution is -2.11. The van der Waals surface area contributed by atoms with Crippen molar-refractivity contribution in [3.8, 4) is 0 Å². The van der Waals surface area contributed by atoms with Gasteiger partial charge in [0, 0.05) is 6.54 Å². The fourth-order valence-electron chi connectivity index (χ4n) is 1.26. The van der Waals surface area contributed by atoms with Gasteiger partial charge in [-0.1, -0.05) is 0 Å². The quantitative estimate of drug-likeness (QED) is 0.844. The number of hydrogen-bond acceptors (Lipinski definition) is 4. The molecule has 2 heterocycles. The van der Waals surface area contributed by atoms with E-state index in [4.69, 9.17) is 0 Å². The maximum absolute atomic E-state index is 12.0. The molecule has 2 rings (SSSR count). The first kappa shape index (κ1) is 10.0. The Morgan fingerprint density at radius 3 is 3.00 bits per heavy atom. The number of H-pyrrole nitrogens is 1. The summed E-state index contributed by atoms with van der Waals surface area (Å²) in [6.07, 6.45) is 2.98. The Morgan fingerprint density at radius 2 is 2.40 bits per heavy atom. The summed E-state index contributed by atoms with van der Waals surface area (Å²) >= 11 is 3.28. The van der Waals surface area contributed by atoms with Crippen LogP contribution in [0.15, 0.2) is 16.9 Å². The fourth-order valence-corrected chi connectivity index (χ4v) is 1.74. The van der Waals surface area contributed by atoms with Crippen LogP contribution in [0.1, 0.15) is 23.1 Å². The van der Waals surface area contributed by atoms with Crippen LogP contribution in [0.2, 0.25) is 0 Å². The lowest BCUT2D eigenvalue weighted by Gasteiger charge is -2.01. The Morgan fingerprint density at radius 1 is 1.60 bits per heavy atom. The van der Waals surface area contributed by atoms with Gasteiger partial charge in [0.25, 0.3) is 0 Å². The number of nitrogens with zero attached hydrogens (tertiary/aromatic N) is 4. The summed E-state index contributed by atoms with van der Waals surface area (Å²) in [6, 6.07) is 0. The number of hydrogen-bond donors (Lipinski definition) is 1. The van der Waals surface area contributed by atoms with E-state index in [9.17, 15) is 4.79 Å². The van der Waals surface area contributed by atoms with E-state index in [1.165, 1.54) is 6.20 Å². The molecule has 0 aliphatic rings. The highest BCUT2D eigenvalue weighted by molar-refractivity contribution is 9.10. The molecule has 0 atom stereocenters. The van der Waals surface area contributed by atoms with Gasteiger partial charge in [-0.25, -0.2) is 0 Å². The third kappa shape index (κ3) is 1.70. The molecule has 2 aromatic rings. The van der Waals surface area contributed by atoms with Crippen LogP contribution in [-0.2, 0) is 6.54 Å². The first-order valence-corrected chi connectivity index (χ1v) is 5.15. The van der Waals surface area contributed by atoms with Gasteiger partial charge in [0.1, 0.15) is 5.69 Å². The molecule has 0 amide bonds. The minimum atomic E-state index is -0.199. The van der Waals surface area contributed by atoms with E-state index in [1.807, 2.05) is 6.92 Å². The zero-order chi connectivity index (χ0) is 10.8. The predicted molar refractivity (Wildman–Crippen MR) is 55.4 cm³/mol. The largest absolute Gasteiger partial charge is 0.285 e. The zero-order valence-corrected chi connectivity index (χ0v) is 9.52. The summed E-state index contributed by atoms with van der Waals surface area (Å²) in [5, 5.41) is 13.8. The second kappa shape index (κ2) is 3.93. The molecule has 0 aliphatic heterocycles. The first-order chi connectivity index (χ1) is 7.24. The van der Waals surface area contributed by atoms with Crippen molar-refractivity contribution in [2.24, 2.45) is 0 Å². The smallest absolute Gasteiger partial charge is 0.234 e. The van der Waals surface area contributed by atoms with Crippen molar-refractivity contribution in [3.63, 3.8) is 0 Å². The van der Waals surface area contributed by atoms with Gasteiger partial charge in [-0.15, -0.1) is 0 Å².